The molecule has 112 valence electrons. The minimum Gasteiger partial charge on any atom is -0.395 e. The summed E-state index contributed by atoms with van der Waals surface area (Å²) in [7, 11) is 0. The van der Waals surface area contributed by atoms with E-state index in [4.69, 9.17) is 4.74 Å². The Balaban J connectivity index is 1.66. The Labute approximate surface area is 118 Å². The van der Waals surface area contributed by atoms with E-state index >= 15 is 0 Å². The average molecular weight is 269 g/mol. The molecule has 0 saturated heterocycles. The average Bonchev–Trinajstić information content (AvgIpc) is 3.08. The molecule has 0 heterocycles. The lowest BCUT2D eigenvalue weighted by Crippen LogP contribution is -2.37. The van der Waals surface area contributed by atoms with Gasteiger partial charge in [0.15, 0.2) is 0 Å². The summed E-state index contributed by atoms with van der Waals surface area (Å²) in [5.74, 6) is 0.770. The molecule has 3 nitrogen and oxygen atoms in total. The maximum Gasteiger partial charge on any atom is 0.0585 e. The van der Waals surface area contributed by atoms with Crippen LogP contribution in [0.4, 0.5) is 0 Å². The Morgan fingerprint density at radius 1 is 1.32 bits per heavy atom. The van der Waals surface area contributed by atoms with E-state index in [0.29, 0.717) is 17.6 Å². The molecule has 2 N–H and O–H groups in total. The molecule has 0 aromatic carbocycles. The van der Waals surface area contributed by atoms with Gasteiger partial charge in [0.05, 0.1) is 12.7 Å². The van der Waals surface area contributed by atoms with E-state index in [0.717, 1.165) is 18.9 Å². The summed E-state index contributed by atoms with van der Waals surface area (Å²) in [4.78, 5) is 0. The normalized spacial score (nSPS) is 32.2. The quantitative estimate of drug-likeness (QED) is 0.746. The zero-order valence-corrected chi connectivity index (χ0v) is 12.8. The number of rotatable bonds is 7. The van der Waals surface area contributed by atoms with Crippen LogP contribution < -0.4 is 5.32 Å². The SMILES string of the molecule is CC1CC(OCCC(CO)NC2CC2)CC(C)(C)C1. The summed E-state index contributed by atoms with van der Waals surface area (Å²) < 4.78 is 6.07. The van der Waals surface area contributed by atoms with E-state index in [2.05, 4.69) is 26.1 Å². The van der Waals surface area contributed by atoms with Gasteiger partial charge in [-0.1, -0.05) is 20.8 Å². The molecular formula is C16H31NO2. The van der Waals surface area contributed by atoms with Crippen molar-refractivity contribution in [1.82, 2.24) is 5.32 Å². The van der Waals surface area contributed by atoms with Gasteiger partial charge >= 0.3 is 0 Å². The van der Waals surface area contributed by atoms with Gasteiger partial charge in [-0.05, 0) is 49.9 Å². The van der Waals surface area contributed by atoms with Crippen LogP contribution in [0.1, 0.15) is 59.3 Å². The van der Waals surface area contributed by atoms with E-state index in [9.17, 15) is 5.11 Å². The monoisotopic (exact) mass is 269 g/mol. The number of aliphatic hydroxyl groups is 1. The van der Waals surface area contributed by atoms with Crippen LogP contribution in [0.5, 0.6) is 0 Å². The predicted molar refractivity (Wildman–Crippen MR) is 78.2 cm³/mol. The molecule has 0 aromatic heterocycles. The third-order valence-corrected chi connectivity index (χ3v) is 4.44. The smallest absolute Gasteiger partial charge is 0.0585 e. The number of nitrogens with one attached hydrogen (secondary N) is 1. The summed E-state index contributed by atoms with van der Waals surface area (Å²) >= 11 is 0. The molecule has 2 aliphatic carbocycles. The van der Waals surface area contributed by atoms with Gasteiger partial charge in [-0.3, -0.25) is 0 Å². The molecule has 0 aliphatic heterocycles. The van der Waals surface area contributed by atoms with Crippen LogP contribution in [-0.4, -0.2) is 36.5 Å². The van der Waals surface area contributed by atoms with Gasteiger partial charge in [0.2, 0.25) is 0 Å². The van der Waals surface area contributed by atoms with Crippen molar-refractivity contribution in [2.75, 3.05) is 13.2 Å². The van der Waals surface area contributed by atoms with E-state index in [-0.39, 0.29) is 12.6 Å². The van der Waals surface area contributed by atoms with Gasteiger partial charge in [-0.2, -0.15) is 0 Å². The Morgan fingerprint density at radius 2 is 2.05 bits per heavy atom. The van der Waals surface area contributed by atoms with Crippen LogP contribution in [0.2, 0.25) is 0 Å². The molecule has 3 unspecified atom stereocenters. The van der Waals surface area contributed by atoms with Crippen molar-refractivity contribution in [2.24, 2.45) is 11.3 Å². The first-order valence-electron chi connectivity index (χ1n) is 7.97. The van der Waals surface area contributed by atoms with E-state index in [1.807, 2.05) is 0 Å². The maximum absolute atomic E-state index is 9.35. The molecule has 3 atom stereocenters. The first-order chi connectivity index (χ1) is 8.98. The molecule has 0 spiro atoms. The van der Waals surface area contributed by atoms with Gasteiger partial charge < -0.3 is 15.2 Å². The number of aliphatic hydroxyl groups excluding tert-OH is 1. The Kier molecular flexibility index (Phi) is 5.27. The predicted octanol–water partition coefficient (Wildman–Crippen LogP) is 2.72. The molecule has 2 fully saturated rings. The van der Waals surface area contributed by atoms with Crippen LogP contribution in [0.25, 0.3) is 0 Å². The summed E-state index contributed by atoms with van der Waals surface area (Å²) in [6, 6.07) is 0.882. The highest BCUT2D eigenvalue weighted by Gasteiger charge is 2.32. The standard InChI is InChI=1S/C16H31NO2/c1-12-8-15(10-16(2,3)9-12)19-7-6-14(11-18)17-13-4-5-13/h12-15,17-18H,4-11H2,1-3H3. The van der Waals surface area contributed by atoms with Crippen molar-refractivity contribution in [3.63, 3.8) is 0 Å². The Bertz CT molecular complexity index is 276. The molecule has 19 heavy (non-hydrogen) atoms. The summed E-state index contributed by atoms with van der Waals surface area (Å²) in [5, 5.41) is 12.8. The van der Waals surface area contributed by atoms with E-state index < -0.39 is 0 Å². The van der Waals surface area contributed by atoms with E-state index in [1.54, 1.807) is 0 Å². The molecule has 0 radical (unpaired) electrons. The van der Waals surface area contributed by atoms with Crippen molar-refractivity contribution in [1.29, 1.82) is 0 Å². The zero-order valence-electron chi connectivity index (χ0n) is 12.8. The fourth-order valence-corrected chi connectivity index (χ4v) is 3.57. The summed E-state index contributed by atoms with van der Waals surface area (Å²) in [5.41, 5.74) is 0.422. The van der Waals surface area contributed by atoms with Gasteiger partial charge in [0.1, 0.15) is 0 Å². The molecular weight excluding hydrogens is 238 g/mol. The third kappa shape index (κ3) is 5.41. The Hall–Kier alpha value is -0.120. The van der Waals surface area contributed by atoms with Crippen molar-refractivity contribution in [3.05, 3.63) is 0 Å². The fourth-order valence-electron chi connectivity index (χ4n) is 3.57. The Morgan fingerprint density at radius 3 is 2.63 bits per heavy atom. The second-order valence-electron chi connectivity index (χ2n) is 7.52. The van der Waals surface area contributed by atoms with Crippen molar-refractivity contribution >= 4 is 0 Å². The van der Waals surface area contributed by atoms with Crippen molar-refractivity contribution < 1.29 is 9.84 Å². The number of hydrogen-bond acceptors (Lipinski definition) is 3. The second kappa shape index (κ2) is 6.55. The number of ether oxygens (including phenoxy) is 1. The summed E-state index contributed by atoms with van der Waals surface area (Å²) in [6.45, 7) is 8.04. The zero-order chi connectivity index (χ0) is 13.9. The molecule has 0 aromatic rings. The highest BCUT2D eigenvalue weighted by Crippen LogP contribution is 2.39. The van der Waals surface area contributed by atoms with Gasteiger partial charge in [0.25, 0.3) is 0 Å². The topological polar surface area (TPSA) is 41.5 Å². The molecule has 2 aliphatic rings. The van der Waals surface area contributed by atoms with Gasteiger partial charge in [0, 0.05) is 18.7 Å². The van der Waals surface area contributed by atoms with Crippen LogP contribution in [0.3, 0.4) is 0 Å². The van der Waals surface area contributed by atoms with Gasteiger partial charge in [-0.25, -0.2) is 0 Å². The first-order valence-corrected chi connectivity index (χ1v) is 7.97. The van der Waals surface area contributed by atoms with Crippen molar-refractivity contribution in [3.8, 4) is 0 Å². The third-order valence-electron chi connectivity index (χ3n) is 4.44. The molecule has 3 heteroatoms. The summed E-state index contributed by atoms with van der Waals surface area (Å²) in [6.07, 6.45) is 7.57. The molecule has 2 rings (SSSR count). The highest BCUT2D eigenvalue weighted by atomic mass is 16.5. The lowest BCUT2D eigenvalue weighted by Gasteiger charge is -2.39. The minimum atomic E-state index is 0.224. The minimum absolute atomic E-state index is 0.224. The highest BCUT2D eigenvalue weighted by molar-refractivity contribution is 4.85. The molecule has 2 saturated carbocycles. The van der Waals surface area contributed by atoms with Crippen LogP contribution in [-0.2, 0) is 4.74 Å². The molecule has 0 amide bonds. The fraction of sp³-hybridized carbons (Fsp3) is 1.00. The van der Waals surface area contributed by atoms with Crippen LogP contribution >= 0.6 is 0 Å². The van der Waals surface area contributed by atoms with Crippen LogP contribution in [0, 0.1) is 11.3 Å². The van der Waals surface area contributed by atoms with Crippen LogP contribution in [0.15, 0.2) is 0 Å². The van der Waals surface area contributed by atoms with Gasteiger partial charge in [-0.15, -0.1) is 0 Å². The maximum atomic E-state index is 9.35. The lowest BCUT2D eigenvalue weighted by atomic mass is 9.71. The number of hydrogen-bond donors (Lipinski definition) is 2. The largest absolute Gasteiger partial charge is 0.395 e. The molecule has 0 bridgehead atoms. The van der Waals surface area contributed by atoms with Crippen molar-refractivity contribution in [2.45, 2.75) is 77.5 Å². The van der Waals surface area contributed by atoms with E-state index in [1.165, 1.54) is 32.1 Å². The first kappa shape index (κ1) is 15.3. The second-order valence-corrected chi connectivity index (χ2v) is 7.52. The lowest BCUT2D eigenvalue weighted by molar-refractivity contribution is -0.0269.